The molecular formula is C31H20BrCl2N3O3. The maximum Gasteiger partial charge on any atom is 0.282 e. The van der Waals surface area contributed by atoms with Gasteiger partial charge in [0.1, 0.15) is 12.2 Å². The summed E-state index contributed by atoms with van der Waals surface area (Å²) < 4.78 is 14.1. The zero-order valence-electron chi connectivity index (χ0n) is 21.1. The van der Waals surface area contributed by atoms with Crippen LogP contribution in [0.1, 0.15) is 16.7 Å². The normalized spacial score (nSPS) is 11.6. The Morgan fingerprint density at radius 2 is 1.75 bits per heavy atom. The van der Waals surface area contributed by atoms with Crippen molar-refractivity contribution in [3.8, 4) is 17.3 Å². The molecule has 0 amide bonds. The second kappa shape index (κ2) is 10.9. The summed E-state index contributed by atoms with van der Waals surface area (Å²) in [7, 11) is 0. The van der Waals surface area contributed by atoms with Crippen LogP contribution in [-0.4, -0.2) is 15.9 Å². The number of ether oxygens (including phenoxy) is 1. The summed E-state index contributed by atoms with van der Waals surface area (Å²) >= 11 is 16.5. The molecule has 0 spiro atoms. The van der Waals surface area contributed by atoms with E-state index in [2.05, 4.69) is 21.0 Å². The van der Waals surface area contributed by atoms with E-state index in [1.165, 1.54) is 16.5 Å². The van der Waals surface area contributed by atoms with Gasteiger partial charge in [-0.05, 0) is 66.6 Å². The molecule has 0 atom stereocenters. The predicted octanol–water partition coefficient (Wildman–Crippen LogP) is 8.65. The standard InChI is InChI=1S/C31H20BrCl2N3O3/c1-18-6-8-19(9-7-18)17-39-29-24(33)12-20(13-25(29)34)16-35-37-30(36-26-5-3-2-4-23(26)31(37)38)28-15-21-14-22(32)10-11-27(21)40-28/h2-16H,17H2,1H3. The van der Waals surface area contributed by atoms with Crippen LogP contribution in [0.5, 0.6) is 5.75 Å². The van der Waals surface area contributed by atoms with Gasteiger partial charge in [0, 0.05) is 9.86 Å². The van der Waals surface area contributed by atoms with E-state index in [1.54, 1.807) is 30.3 Å². The van der Waals surface area contributed by atoms with Crippen molar-refractivity contribution in [2.45, 2.75) is 13.5 Å². The van der Waals surface area contributed by atoms with Gasteiger partial charge in [-0.2, -0.15) is 9.78 Å². The van der Waals surface area contributed by atoms with Gasteiger partial charge in [-0.15, -0.1) is 0 Å². The molecule has 0 radical (unpaired) electrons. The lowest BCUT2D eigenvalue weighted by Crippen LogP contribution is -2.20. The van der Waals surface area contributed by atoms with Crippen LogP contribution in [0.2, 0.25) is 10.0 Å². The van der Waals surface area contributed by atoms with Crippen molar-refractivity contribution in [3.63, 3.8) is 0 Å². The van der Waals surface area contributed by atoms with Gasteiger partial charge in [0.2, 0.25) is 5.82 Å². The van der Waals surface area contributed by atoms with Crippen molar-refractivity contribution < 1.29 is 9.15 Å². The topological polar surface area (TPSA) is 69.6 Å². The lowest BCUT2D eigenvalue weighted by molar-refractivity contribution is 0.306. The van der Waals surface area contributed by atoms with Gasteiger partial charge in [0.15, 0.2) is 11.5 Å². The lowest BCUT2D eigenvalue weighted by Gasteiger charge is -2.11. The number of aromatic nitrogens is 2. The summed E-state index contributed by atoms with van der Waals surface area (Å²) in [5.41, 5.74) is 3.61. The number of para-hydroxylation sites is 1. The highest BCUT2D eigenvalue weighted by molar-refractivity contribution is 9.10. The van der Waals surface area contributed by atoms with E-state index < -0.39 is 0 Å². The van der Waals surface area contributed by atoms with Crippen molar-refractivity contribution in [3.05, 3.63) is 126 Å². The Morgan fingerprint density at radius 1 is 1.00 bits per heavy atom. The Labute approximate surface area is 247 Å². The average Bonchev–Trinajstić information content (AvgIpc) is 3.36. The molecule has 4 aromatic carbocycles. The van der Waals surface area contributed by atoms with E-state index in [0.29, 0.717) is 50.2 Å². The first-order valence-electron chi connectivity index (χ1n) is 12.3. The molecule has 6 nitrogen and oxygen atoms in total. The quantitative estimate of drug-likeness (QED) is 0.172. The van der Waals surface area contributed by atoms with E-state index in [4.69, 9.17) is 37.3 Å². The molecule has 6 aromatic rings. The Morgan fingerprint density at radius 3 is 2.52 bits per heavy atom. The number of furan rings is 1. The number of hydrogen-bond donors (Lipinski definition) is 0. The first-order valence-corrected chi connectivity index (χ1v) is 13.8. The van der Waals surface area contributed by atoms with Crippen LogP contribution in [0.15, 0.2) is 104 Å². The van der Waals surface area contributed by atoms with Crippen LogP contribution >= 0.6 is 39.1 Å². The zero-order valence-corrected chi connectivity index (χ0v) is 24.2. The Balaban J connectivity index is 1.37. The molecule has 2 aromatic heterocycles. The van der Waals surface area contributed by atoms with Crippen molar-refractivity contribution in [2.24, 2.45) is 5.10 Å². The second-order valence-corrected chi connectivity index (χ2v) is 10.9. The fraction of sp³-hybridized carbons (Fsp3) is 0.0645. The first-order chi connectivity index (χ1) is 19.4. The Bertz CT molecular complexity index is 1960. The third kappa shape index (κ3) is 5.28. The highest BCUT2D eigenvalue weighted by atomic mass is 79.9. The molecule has 6 rings (SSSR count). The molecule has 9 heteroatoms. The lowest BCUT2D eigenvalue weighted by atomic mass is 10.2. The van der Waals surface area contributed by atoms with Crippen LogP contribution < -0.4 is 10.3 Å². The van der Waals surface area contributed by atoms with Gasteiger partial charge in [-0.3, -0.25) is 4.79 Å². The van der Waals surface area contributed by atoms with Gasteiger partial charge in [0.05, 0.1) is 27.2 Å². The van der Waals surface area contributed by atoms with Crippen molar-refractivity contribution in [2.75, 3.05) is 0 Å². The molecule has 0 aliphatic heterocycles. The average molecular weight is 633 g/mol. The number of halogens is 3. The van der Waals surface area contributed by atoms with Gasteiger partial charge >= 0.3 is 0 Å². The summed E-state index contributed by atoms with van der Waals surface area (Å²) in [6.45, 7) is 2.35. The van der Waals surface area contributed by atoms with Gasteiger partial charge < -0.3 is 9.15 Å². The fourth-order valence-corrected chi connectivity index (χ4v) is 5.26. The van der Waals surface area contributed by atoms with E-state index in [0.717, 1.165) is 15.4 Å². The number of hydrogen-bond acceptors (Lipinski definition) is 5. The minimum Gasteiger partial charge on any atom is -0.486 e. The third-order valence-electron chi connectivity index (χ3n) is 6.30. The van der Waals surface area contributed by atoms with Crippen LogP contribution in [0, 0.1) is 6.92 Å². The van der Waals surface area contributed by atoms with Crippen molar-refractivity contribution >= 4 is 67.2 Å². The van der Waals surface area contributed by atoms with E-state index in [9.17, 15) is 4.79 Å². The number of fused-ring (bicyclic) bond motifs is 2. The molecular weight excluding hydrogens is 613 g/mol. The predicted molar refractivity (Wildman–Crippen MR) is 164 cm³/mol. The van der Waals surface area contributed by atoms with Gasteiger partial charge in [-0.25, -0.2) is 4.98 Å². The molecule has 40 heavy (non-hydrogen) atoms. The summed E-state index contributed by atoms with van der Waals surface area (Å²) in [6, 6.07) is 26.0. The molecule has 0 bridgehead atoms. The van der Waals surface area contributed by atoms with E-state index in [-0.39, 0.29) is 11.4 Å². The minimum absolute atomic E-state index is 0.266. The van der Waals surface area contributed by atoms with Crippen molar-refractivity contribution in [1.29, 1.82) is 0 Å². The molecule has 198 valence electrons. The molecule has 2 heterocycles. The van der Waals surface area contributed by atoms with Crippen LogP contribution in [0.4, 0.5) is 0 Å². The maximum absolute atomic E-state index is 13.5. The van der Waals surface area contributed by atoms with Crippen LogP contribution in [0.25, 0.3) is 33.5 Å². The monoisotopic (exact) mass is 631 g/mol. The zero-order chi connectivity index (χ0) is 27.8. The van der Waals surface area contributed by atoms with Crippen LogP contribution in [0.3, 0.4) is 0 Å². The van der Waals surface area contributed by atoms with Gasteiger partial charge in [-0.1, -0.05) is 81.1 Å². The molecule has 0 fully saturated rings. The molecule has 0 saturated carbocycles. The summed E-state index contributed by atoms with van der Waals surface area (Å²) in [6.07, 6.45) is 1.50. The first kappa shape index (κ1) is 26.3. The SMILES string of the molecule is Cc1ccc(COc2c(Cl)cc(C=Nn3c(-c4cc5cc(Br)ccc5o4)nc4ccccc4c3=O)cc2Cl)cc1. The number of aryl methyl sites for hydroxylation is 1. The third-order valence-corrected chi connectivity index (χ3v) is 7.35. The largest absolute Gasteiger partial charge is 0.486 e. The molecule has 0 saturated heterocycles. The second-order valence-electron chi connectivity index (χ2n) is 9.19. The smallest absolute Gasteiger partial charge is 0.282 e. The fourth-order valence-electron chi connectivity index (χ4n) is 4.27. The highest BCUT2D eigenvalue weighted by Crippen LogP contribution is 2.35. The Kier molecular flexibility index (Phi) is 7.19. The van der Waals surface area contributed by atoms with E-state index in [1.807, 2.05) is 61.5 Å². The summed E-state index contributed by atoms with van der Waals surface area (Å²) in [4.78, 5) is 18.2. The highest BCUT2D eigenvalue weighted by Gasteiger charge is 2.17. The summed E-state index contributed by atoms with van der Waals surface area (Å²) in [5.74, 6) is 1.05. The molecule has 0 aliphatic rings. The van der Waals surface area contributed by atoms with Gasteiger partial charge in [0.25, 0.3) is 5.56 Å². The number of benzene rings is 4. The Hall–Kier alpha value is -3.91. The maximum atomic E-state index is 13.5. The minimum atomic E-state index is -0.339. The molecule has 0 unspecified atom stereocenters. The number of rotatable bonds is 6. The molecule has 0 aliphatic carbocycles. The van der Waals surface area contributed by atoms with Crippen molar-refractivity contribution in [1.82, 2.24) is 9.66 Å². The summed E-state index contributed by atoms with van der Waals surface area (Å²) in [5, 5.41) is 6.44. The molecule has 0 N–H and O–H groups in total. The van der Waals surface area contributed by atoms with E-state index >= 15 is 0 Å². The van der Waals surface area contributed by atoms with Crippen LogP contribution in [-0.2, 0) is 6.61 Å². The number of nitrogens with zero attached hydrogens (tertiary/aromatic N) is 3.